The van der Waals surface area contributed by atoms with Crippen molar-refractivity contribution in [3.63, 3.8) is 0 Å². The number of carbonyl (C=O) groups is 1. The lowest BCUT2D eigenvalue weighted by Crippen LogP contribution is -2.30. The van der Waals surface area contributed by atoms with Gasteiger partial charge in [0.2, 0.25) is 0 Å². The molecule has 0 bridgehead atoms. The quantitative estimate of drug-likeness (QED) is 0.296. The van der Waals surface area contributed by atoms with Gasteiger partial charge in [0.1, 0.15) is 0 Å². The van der Waals surface area contributed by atoms with Crippen molar-refractivity contribution < 1.29 is 4.79 Å². The Bertz CT molecular complexity index is 1410. The Balaban J connectivity index is 1.53. The lowest BCUT2D eigenvalue weighted by Gasteiger charge is -2.20. The van der Waals surface area contributed by atoms with Crippen LogP contribution in [-0.2, 0) is 6.54 Å². The Morgan fingerprint density at radius 1 is 0.879 bits per heavy atom. The molecule has 5 rings (SSSR count). The van der Waals surface area contributed by atoms with Crippen molar-refractivity contribution >= 4 is 32.6 Å². The van der Waals surface area contributed by atoms with Crippen LogP contribution in [0.1, 0.15) is 27.2 Å². The normalized spacial score (nSPS) is 11.0. The molecule has 5 aromatic rings. The minimum atomic E-state index is -0.0892. The van der Waals surface area contributed by atoms with Crippen LogP contribution in [0, 0.1) is 13.8 Å². The van der Waals surface area contributed by atoms with Crippen molar-refractivity contribution in [1.29, 1.82) is 0 Å². The Morgan fingerprint density at radius 3 is 2.33 bits per heavy atom. The number of aromatic nitrogens is 2. The highest BCUT2D eigenvalue weighted by Crippen LogP contribution is 2.33. The summed E-state index contributed by atoms with van der Waals surface area (Å²) < 4.78 is 1.11. The summed E-state index contributed by atoms with van der Waals surface area (Å²) in [5.74, 6) is -0.0892. The number of benzene rings is 3. The van der Waals surface area contributed by atoms with E-state index in [2.05, 4.69) is 43.1 Å². The molecule has 0 saturated heterocycles. The van der Waals surface area contributed by atoms with Crippen molar-refractivity contribution in [1.82, 2.24) is 9.97 Å². The highest BCUT2D eigenvalue weighted by Gasteiger charge is 2.23. The number of rotatable bonds is 5. The van der Waals surface area contributed by atoms with Gasteiger partial charge < -0.3 is 0 Å². The van der Waals surface area contributed by atoms with Gasteiger partial charge in [-0.05, 0) is 66.4 Å². The molecule has 162 valence electrons. The number of hydrogen-bond donors (Lipinski definition) is 0. The molecule has 1 amide bonds. The van der Waals surface area contributed by atoms with Crippen LogP contribution < -0.4 is 4.90 Å². The second-order valence-electron chi connectivity index (χ2n) is 8.08. The van der Waals surface area contributed by atoms with E-state index < -0.39 is 0 Å². The van der Waals surface area contributed by atoms with E-state index in [1.807, 2.05) is 60.7 Å². The molecule has 2 aromatic heterocycles. The van der Waals surface area contributed by atoms with Crippen LogP contribution in [0.15, 0.2) is 91.1 Å². The smallest absolute Gasteiger partial charge is 0.260 e. The number of nitrogens with zero attached hydrogens (tertiary/aromatic N) is 3. The van der Waals surface area contributed by atoms with Gasteiger partial charge in [0, 0.05) is 11.8 Å². The summed E-state index contributed by atoms with van der Waals surface area (Å²) in [4.78, 5) is 24.7. The zero-order valence-electron chi connectivity index (χ0n) is 18.5. The first-order valence-corrected chi connectivity index (χ1v) is 11.7. The Kier molecular flexibility index (Phi) is 5.71. The van der Waals surface area contributed by atoms with Gasteiger partial charge in [-0.15, -0.1) is 0 Å². The van der Waals surface area contributed by atoms with E-state index in [1.165, 1.54) is 5.56 Å². The van der Waals surface area contributed by atoms with Gasteiger partial charge >= 0.3 is 0 Å². The topological polar surface area (TPSA) is 46.1 Å². The van der Waals surface area contributed by atoms with E-state index in [0.29, 0.717) is 17.2 Å². The van der Waals surface area contributed by atoms with Crippen molar-refractivity contribution in [3.8, 4) is 11.1 Å². The molecular formula is C28H23N3OS. The predicted octanol–water partition coefficient (Wildman–Crippen LogP) is 6.82. The zero-order valence-corrected chi connectivity index (χ0v) is 19.3. The average molecular weight is 450 g/mol. The Hall–Kier alpha value is -3.83. The predicted molar refractivity (Wildman–Crippen MR) is 136 cm³/mol. The number of hydrogen-bond acceptors (Lipinski definition) is 4. The summed E-state index contributed by atoms with van der Waals surface area (Å²) in [5, 5.41) is 0.682. The number of fused-ring (bicyclic) bond motifs is 1. The Morgan fingerprint density at radius 2 is 1.61 bits per heavy atom. The molecule has 3 aromatic carbocycles. The number of aryl methyl sites for hydroxylation is 2. The highest BCUT2D eigenvalue weighted by molar-refractivity contribution is 7.22. The van der Waals surface area contributed by atoms with E-state index in [9.17, 15) is 4.79 Å². The van der Waals surface area contributed by atoms with Crippen molar-refractivity contribution in [2.75, 3.05) is 4.90 Å². The summed E-state index contributed by atoms with van der Waals surface area (Å²) in [6.45, 7) is 4.51. The van der Waals surface area contributed by atoms with Crippen molar-refractivity contribution in [2.24, 2.45) is 0 Å². The fourth-order valence-electron chi connectivity index (χ4n) is 3.95. The monoisotopic (exact) mass is 449 g/mol. The molecular weight excluding hydrogens is 426 g/mol. The first-order valence-electron chi connectivity index (χ1n) is 10.8. The van der Waals surface area contributed by atoms with Gasteiger partial charge in [-0.25, -0.2) is 4.98 Å². The zero-order chi connectivity index (χ0) is 22.8. The molecule has 0 unspecified atom stereocenters. The molecule has 0 saturated carbocycles. The molecule has 2 heterocycles. The molecule has 0 N–H and O–H groups in total. The molecule has 4 nitrogen and oxygen atoms in total. The van der Waals surface area contributed by atoms with Gasteiger partial charge in [-0.2, -0.15) is 0 Å². The third kappa shape index (κ3) is 4.41. The van der Waals surface area contributed by atoms with Crippen molar-refractivity contribution in [2.45, 2.75) is 20.4 Å². The second-order valence-corrected chi connectivity index (χ2v) is 9.06. The Labute approximate surface area is 197 Å². The van der Waals surface area contributed by atoms with Crippen LogP contribution in [0.25, 0.3) is 21.3 Å². The summed E-state index contributed by atoms with van der Waals surface area (Å²) in [6, 6.07) is 27.9. The molecule has 0 fully saturated rings. The molecule has 0 aliphatic carbocycles. The number of anilines is 1. The minimum absolute atomic E-state index is 0.0892. The molecule has 0 radical (unpaired) electrons. The van der Waals surface area contributed by atoms with Crippen LogP contribution >= 0.6 is 11.3 Å². The number of amides is 1. The van der Waals surface area contributed by atoms with E-state index in [1.54, 1.807) is 22.4 Å². The van der Waals surface area contributed by atoms with Crippen LogP contribution in [0.3, 0.4) is 0 Å². The van der Waals surface area contributed by atoms with Gasteiger partial charge in [0.25, 0.3) is 5.91 Å². The first kappa shape index (κ1) is 21.0. The largest absolute Gasteiger partial charge is 0.278 e. The third-order valence-electron chi connectivity index (χ3n) is 5.57. The molecule has 0 aliphatic heterocycles. The van der Waals surface area contributed by atoms with Crippen LogP contribution in [-0.4, -0.2) is 15.9 Å². The number of carbonyl (C=O) groups excluding carboxylic acids is 1. The maximum Gasteiger partial charge on any atom is 0.260 e. The second kappa shape index (κ2) is 8.96. The lowest BCUT2D eigenvalue weighted by molar-refractivity contribution is 0.0985. The standard InChI is InChI=1S/C28H23N3OS/c1-19-16-20(2)26-25(17-19)30-28(33-26)31(18-24-10-6-7-15-29-24)27(32)23-13-11-22(12-14-23)21-8-4-3-5-9-21/h3-17H,18H2,1-2H3. The molecule has 5 heteroatoms. The maximum atomic E-state index is 13.7. The molecule has 0 atom stereocenters. The van der Waals surface area contributed by atoms with Crippen LogP contribution in [0.4, 0.5) is 5.13 Å². The van der Waals surface area contributed by atoms with E-state index in [0.717, 1.165) is 32.6 Å². The fraction of sp³-hybridized carbons (Fsp3) is 0.107. The number of thiazole rings is 1. The molecule has 0 spiro atoms. The van der Waals surface area contributed by atoms with E-state index in [-0.39, 0.29) is 5.91 Å². The molecule has 0 aliphatic rings. The SMILES string of the molecule is Cc1cc(C)c2sc(N(Cc3ccccn3)C(=O)c3ccc(-c4ccccc4)cc3)nc2c1. The van der Waals surface area contributed by atoms with E-state index >= 15 is 0 Å². The number of pyridine rings is 1. The highest BCUT2D eigenvalue weighted by atomic mass is 32.1. The lowest BCUT2D eigenvalue weighted by atomic mass is 10.0. The van der Waals surface area contributed by atoms with Crippen LogP contribution in [0.2, 0.25) is 0 Å². The van der Waals surface area contributed by atoms with Gasteiger partial charge in [-0.1, -0.05) is 65.9 Å². The van der Waals surface area contributed by atoms with Gasteiger partial charge in [0.15, 0.2) is 5.13 Å². The third-order valence-corrected chi connectivity index (χ3v) is 6.80. The van der Waals surface area contributed by atoms with Gasteiger partial charge in [0.05, 0.1) is 22.5 Å². The van der Waals surface area contributed by atoms with Crippen LogP contribution in [0.5, 0.6) is 0 Å². The minimum Gasteiger partial charge on any atom is -0.278 e. The summed E-state index contributed by atoms with van der Waals surface area (Å²) >= 11 is 1.55. The summed E-state index contributed by atoms with van der Waals surface area (Å²) in [7, 11) is 0. The van der Waals surface area contributed by atoms with Crippen molar-refractivity contribution in [3.05, 3.63) is 114 Å². The molecule has 33 heavy (non-hydrogen) atoms. The average Bonchev–Trinajstić information content (AvgIpc) is 3.27. The maximum absolute atomic E-state index is 13.7. The van der Waals surface area contributed by atoms with Gasteiger partial charge in [-0.3, -0.25) is 14.7 Å². The summed E-state index contributed by atoms with van der Waals surface area (Å²) in [6.07, 6.45) is 1.75. The fourth-order valence-corrected chi connectivity index (χ4v) is 4.97. The summed E-state index contributed by atoms with van der Waals surface area (Å²) in [5.41, 5.74) is 6.90. The van der Waals surface area contributed by atoms with E-state index in [4.69, 9.17) is 4.98 Å². The first-order chi connectivity index (χ1) is 16.1.